The second kappa shape index (κ2) is 9.06. The van der Waals surface area contributed by atoms with E-state index in [1.807, 2.05) is 24.3 Å². The van der Waals surface area contributed by atoms with Gasteiger partial charge < -0.3 is 15.0 Å². The Bertz CT molecular complexity index is 835. The van der Waals surface area contributed by atoms with E-state index in [4.69, 9.17) is 17.0 Å². The zero-order chi connectivity index (χ0) is 19.1. The number of anilines is 2. The Balaban J connectivity index is 1.51. The number of morpholine rings is 1. The molecule has 27 heavy (non-hydrogen) atoms. The summed E-state index contributed by atoms with van der Waals surface area (Å²) in [7, 11) is 0. The van der Waals surface area contributed by atoms with Crippen LogP contribution in [0.2, 0.25) is 0 Å². The molecule has 0 bridgehead atoms. The lowest BCUT2D eigenvalue weighted by molar-refractivity contribution is -0.384. The van der Waals surface area contributed by atoms with Crippen LogP contribution in [0.15, 0.2) is 53.6 Å². The van der Waals surface area contributed by atoms with Crippen molar-refractivity contribution in [3.8, 4) is 0 Å². The topological polar surface area (TPSA) is 92.0 Å². The van der Waals surface area contributed by atoms with Crippen LogP contribution in [-0.2, 0) is 4.74 Å². The molecule has 1 aliphatic heterocycles. The maximum Gasteiger partial charge on any atom is 0.271 e. The first-order valence-corrected chi connectivity index (χ1v) is 8.80. The molecule has 0 radical (unpaired) electrons. The number of non-ortho nitro benzene ring substituents is 1. The van der Waals surface area contributed by atoms with Gasteiger partial charge in [-0.25, -0.2) is 0 Å². The van der Waals surface area contributed by atoms with E-state index < -0.39 is 4.92 Å². The molecule has 2 aromatic rings. The van der Waals surface area contributed by atoms with Crippen LogP contribution in [0.25, 0.3) is 0 Å². The van der Waals surface area contributed by atoms with Gasteiger partial charge in [0, 0.05) is 36.6 Å². The van der Waals surface area contributed by atoms with Crippen LogP contribution in [-0.4, -0.2) is 42.6 Å². The van der Waals surface area contributed by atoms with Crippen molar-refractivity contribution < 1.29 is 9.66 Å². The maximum atomic E-state index is 10.8. The zero-order valence-electron chi connectivity index (χ0n) is 14.5. The number of nitro benzene ring substituents is 1. The Hall–Kier alpha value is -3.04. The lowest BCUT2D eigenvalue weighted by Crippen LogP contribution is -2.36. The molecule has 3 rings (SSSR count). The summed E-state index contributed by atoms with van der Waals surface area (Å²) in [4.78, 5) is 12.6. The van der Waals surface area contributed by atoms with Crippen LogP contribution in [0.4, 0.5) is 17.1 Å². The molecule has 1 fully saturated rings. The largest absolute Gasteiger partial charge is 0.378 e. The van der Waals surface area contributed by atoms with Gasteiger partial charge in [0.2, 0.25) is 0 Å². The third kappa shape index (κ3) is 5.47. The minimum atomic E-state index is -0.458. The second-order valence-electron chi connectivity index (χ2n) is 5.82. The summed E-state index contributed by atoms with van der Waals surface area (Å²) in [6.45, 7) is 3.30. The van der Waals surface area contributed by atoms with Gasteiger partial charge in [0.05, 0.1) is 24.4 Å². The van der Waals surface area contributed by atoms with Crippen molar-refractivity contribution in [1.82, 2.24) is 5.43 Å². The molecule has 0 amide bonds. The standard InChI is InChI=1S/C18H19N5O3S/c24-23(25)17-3-1-2-15(12-17)20-18(27)21-19-13-14-4-6-16(7-5-14)22-8-10-26-11-9-22/h1-7,12-13H,8-11H2,(H2,20,21,27)/b19-13+. The second-order valence-corrected chi connectivity index (χ2v) is 6.23. The van der Waals surface area contributed by atoms with Crippen LogP contribution in [0.3, 0.4) is 0 Å². The highest BCUT2D eigenvalue weighted by molar-refractivity contribution is 7.80. The highest BCUT2D eigenvalue weighted by Gasteiger charge is 2.10. The highest BCUT2D eigenvalue weighted by atomic mass is 32.1. The zero-order valence-corrected chi connectivity index (χ0v) is 15.3. The lowest BCUT2D eigenvalue weighted by atomic mass is 10.2. The number of benzene rings is 2. The Morgan fingerprint density at radius 2 is 1.96 bits per heavy atom. The molecular weight excluding hydrogens is 366 g/mol. The summed E-state index contributed by atoms with van der Waals surface area (Å²) >= 11 is 5.14. The van der Waals surface area contributed by atoms with Gasteiger partial charge in [-0.3, -0.25) is 15.5 Å². The number of hydrazone groups is 1. The van der Waals surface area contributed by atoms with Gasteiger partial charge in [-0.15, -0.1) is 0 Å². The first-order chi connectivity index (χ1) is 13.1. The monoisotopic (exact) mass is 385 g/mol. The predicted molar refractivity (Wildman–Crippen MR) is 110 cm³/mol. The number of hydrogen-bond acceptors (Lipinski definition) is 6. The van der Waals surface area contributed by atoms with E-state index in [2.05, 4.69) is 20.7 Å². The first kappa shape index (κ1) is 18.7. The fourth-order valence-electron chi connectivity index (χ4n) is 2.61. The predicted octanol–water partition coefficient (Wildman–Crippen LogP) is 2.75. The number of thiocarbonyl (C=S) groups is 1. The summed E-state index contributed by atoms with van der Waals surface area (Å²) in [5.41, 5.74) is 5.30. The number of rotatable bonds is 5. The molecule has 0 aliphatic carbocycles. The molecule has 1 saturated heterocycles. The number of nitrogens with zero attached hydrogens (tertiary/aromatic N) is 3. The third-order valence-corrected chi connectivity index (χ3v) is 4.16. The van der Waals surface area contributed by atoms with E-state index in [0.717, 1.165) is 37.6 Å². The average Bonchev–Trinajstić information content (AvgIpc) is 2.69. The Kier molecular flexibility index (Phi) is 6.29. The molecule has 8 nitrogen and oxygen atoms in total. The molecular formula is C18H19N5O3S. The average molecular weight is 385 g/mol. The Morgan fingerprint density at radius 3 is 2.67 bits per heavy atom. The number of hydrogen-bond donors (Lipinski definition) is 2. The van der Waals surface area contributed by atoms with E-state index in [0.29, 0.717) is 5.69 Å². The van der Waals surface area contributed by atoms with Crippen LogP contribution < -0.4 is 15.6 Å². The molecule has 0 unspecified atom stereocenters. The van der Waals surface area contributed by atoms with E-state index in [1.54, 1.807) is 18.3 Å². The van der Waals surface area contributed by atoms with Crippen molar-refractivity contribution in [3.63, 3.8) is 0 Å². The number of nitro groups is 1. The molecule has 2 aromatic carbocycles. The van der Waals surface area contributed by atoms with Crippen molar-refractivity contribution in [2.75, 3.05) is 36.5 Å². The summed E-state index contributed by atoms with van der Waals surface area (Å²) in [5, 5.41) is 18.0. The van der Waals surface area contributed by atoms with E-state index in [9.17, 15) is 10.1 Å². The number of nitrogens with one attached hydrogen (secondary N) is 2. The molecule has 0 atom stereocenters. The van der Waals surface area contributed by atoms with Gasteiger partial charge in [-0.1, -0.05) is 18.2 Å². The van der Waals surface area contributed by atoms with E-state index in [-0.39, 0.29) is 10.8 Å². The van der Waals surface area contributed by atoms with Crippen LogP contribution >= 0.6 is 12.2 Å². The molecule has 0 saturated carbocycles. The normalized spacial score (nSPS) is 14.1. The molecule has 0 aromatic heterocycles. The van der Waals surface area contributed by atoms with Crippen LogP contribution in [0.1, 0.15) is 5.56 Å². The molecule has 1 heterocycles. The minimum absolute atomic E-state index is 0.00772. The van der Waals surface area contributed by atoms with Gasteiger partial charge in [-0.2, -0.15) is 5.10 Å². The number of ether oxygens (including phenoxy) is 1. The van der Waals surface area contributed by atoms with Crippen molar-refractivity contribution in [2.45, 2.75) is 0 Å². The van der Waals surface area contributed by atoms with Gasteiger partial charge in [0.1, 0.15) is 0 Å². The smallest absolute Gasteiger partial charge is 0.271 e. The van der Waals surface area contributed by atoms with Crippen molar-refractivity contribution in [2.24, 2.45) is 5.10 Å². The fraction of sp³-hybridized carbons (Fsp3) is 0.222. The SMILES string of the molecule is O=[N+]([O-])c1cccc(NC(=S)N/N=C/c2ccc(N3CCOCC3)cc2)c1. The van der Waals surface area contributed by atoms with Crippen molar-refractivity contribution in [1.29, 1.82) is 0 Å². The Labute approximate surface area is 162 Å². The summed E-state index contributed by atoms with van der Waals surface area (Å²) < 4.78 is 5.36. The van der Waals surface area contributed by atoms with Gasteiger partial charge in [-0.05, 0) is 36.0 Å². The van der Waals surface area contributed by atoms with E-state index in [1.165, 1.54) is 12.1 Å². The third-order valence-electron chi connectivity index (χ3n) is 3.96. The lowest BCUT2D eigenvalue weighted by Gasteiger charge is -2.28. The van der Waals surface area contributed by atoms with Gasteiger partial charge >= 0.3 is 0 Å². The minimum Gasteiger partial charge on any atom is -0.378 e. The summed E-state index contributed by atoms with van der Waals surface area (Å²) in [6, 6.07) is 14.2. The van der Waals surface area contributed by atoms with Crippen molar-refractivity contribution >= 4 is 40.6 Å². The van der Waals surface area contributed by atoms with Gasteiger partial charge in [0.25, 0.3) is 5.69 Å². The summed E-state index contributed by atoms with van der Waals surface area (Å²) in [6.07, 6.45) is 1.66. The molecule has 140 valence electrons. The quantitative estimate of drug-likeness (QED) is 0.354. The first-order valence-electron chi connectivity index (χ1n) is 8.39. The highest BCUT2D eigenvalue weighted by Crippen LogP contribution is 2.17. The van der Waals surface area contributed by atoms with E-state index >= 15 is 0 Å². The fourth-order valence-corrected chi connectivity index (χ4v) is 2.79. The van der Waals surface area contributed by atoms with Crippen LogP contribution in [0.5, 0.6) is 0 Å². The van der Waals surface area contributed by atoms with Gasteiger partial charge in [0.15, 0.2) is 5.11 Å². The summed E-state index contributed by atoms with van der Waals surface area (Å²) in [5.74, 6) is 0. The Morgan fingerprint density at radius 1 is 1.22 bits per heavy atom. The molecule has 2 N–H and O–H groups in total. The molecule has 0 spiro atoms. The van der Waals surface area contributed by atoms with Crippen molar-refractivity contribution in [3.05, 3.63) is 64.2 Å². The molecule has 9 heteroatoms. The maximum absolute atomic E-state index is 10.8. The molecule has 1 aliphatic rings. The van der Waals surface area contributed by atoms with Crippen LogP contribution in [0, 0.1) is 10.1 Å².